The van der Waals surface area contributed by atoms with Gasteiger partial charge in [0.2, 0.25) is 0 Å². The quantitative estimate of drug-likeness (QED) is 0.798. The van der Waals surface area contributed by atoms with Gasteiger partial charge in [0.15, 0.2) is 0 Å². The van der Waals surface area contributed by atoms with E-state index in [2.05, 4.69) is 6.07 Å². The number of benzene rings is 1. The van der Waals surface area contributed by atoms with E-state index in [9.17, 15) is 5.11 Å². The van der Waals surface area contributed by atoms with Gasteiger partial charge in [0.1, 0.15) is 5.75 Å². The van der Waals surface area contributed by atoms with E-state index in [-0.39, 0.29) is 6.04 Å². The molecule has 2 unspecified atom stereocenters. The maximum Gasteiger partial charge on any atom is 0.121 e. The molecule has 3 nitrogen and oxygen atoms in total. The molecule has 0 saturated carbocycles. The zero-order chi connectivity index (χ0) is 12.1. The molecule has 0 bridgehead atoms. The summed E-state index contributed by atoms with van der Waals surface area (Å²) in [4.78, 5) is 0. The normalized spacial score (nSPS) is 14.6. The molecule has 0 saturated heterocycles. The van der Waals surface area contributed by atoms with Gasteiger partial charge in [0, 0.05) is 6.04 Å². The predicted octanol–water partition coefficient (Wildman–Crippen LogP) is 1.64. The zero-order valence-electron chi connectivity index (χ0n) is 10.2. The molecular weight excluding hydrogens is 202 g/mol. The summed E-state index contributed by atoms with van der Waals surface area (Å²) in [6.45, 7) is 3.94. The van der Waals surface area contributed by atoms with Crippen molar-refractivity contribution < 1.29 is 9.84 Å². The van der Waals surface area contributed by atoms with E-state index in [1.807, 2.05) is 26.0 Å². The van der Waals surface area contributed by atoms with E-state index in [4.69, 9.17) is 10.5 Å². The standard InChI is InChI=1S/C13H21NO2/c1-4-12(15)11(14)8-10-5-6-13(16-3)9(2)7-10/h5-7,11-12,15H,4,8,14H2,1-3H3. The molecule has 16 heavy (non-hydrogen) atoms. The molecule has 0 amide bonds. The molecule has 0 spiro atoms. The molecule has 0 aromatic heterocycles. The minimum atomic E-state index is -0.428. The smallest absolute Gasteiger partial charge is 0.121 e. The molecule has 0 aliphatic heterocycles. The minimum absolute atomic E-state index is 0.196. The Labute approximate surface area is 97.2 Å². The van der Waals surface area contributed by atoms with Crippen LogP contribution in [0.25, 0.3) is 0 Å². The third-order valence-corrected chi connectivity index (χ3v) is 2.84. The highest BCUT2D eigenvalue weighted by Crippen LogP contribution is 2.19. The number of aliphatic hydroxyl groups excluding tert-OH is 1. The van der Waals surface area contributed by atoms with E-state index < -0.39 is 6.10 Å². The highest BCUT2D eigenvalue weighted by atomic mass is 16.5. The summed E-state index contributed by atoms with van der Waals surface area (Å²) in [5.74, 6) is 0.883. The van der Waals surface area contributed by atoms with E-state index >= 15 is 0 Å². The van der Waals surface area contributed by atoms with Crippen LogP contribution in [0.3, 0.4) is 0 Å². The Kier molecular flexibility index (Phi) is 4.77. The summed E-state index contributed by atoms with van der Waals surface area (Å²) in [6, 6.07) is 5.79. The molecule has 0 aliphatic carbocycles. The average molecular weight is 223 g/mol. The summed E-state index contributed by atoms with van der Waals surface area (Å²) in [5.41, 5.74) is 8.13. The fourth-order valence-corrected chi connectivity index (χ4v) is 1.78. The Morgan fingerprint density at radius 2 is 2.12 bits per heavy atom. The SMILES string of the molecule is CCC(O)C(N)Cc1ccc(OC)c(C)c1. The summed E-state index contributed by atoms with van der Waals surface area (Å²) in [5, 5.41) is 9.61. The Morgan fingerprint density at radius 1 is 1.44 bits per heavy atom. The van der Waals surface area contributed by atoms with Crippen molar-refractivity contribution in [3.63, 3.8) is 0 Å². The Hall–Kier alpha value is -1.06. The van der Waals surface area contributed by atoms with Gasteiger partial charge in [-0.25, -0.2) is 0 Å². The Balaban J connectivity index is 2.71. The van der Waals surface area contributed by atoms with Crippen molar-refractivity contribution in [2.24, 2.45) is 5.73 Å². The number of rotatable bonds is 5. The molecule has 3 N–H and O–H groups in total. The van der Waals surface area contributed by atoms with Gasteiger partial charge in [-0.15, -0.1) is 0 Å². The lowest BCUT2D eigenvalue weighted by Crippen LogP contribution is -2.36. The number of aryl methyl sites for hydroxylation is 1. The number of ether oxygens (including phenoxy) is 1. The molecule has 90 valence electrons. The van der Waals surface area contributed by atoms with Gasteiger partial charge < -0.3 is 15.6 Å². The molecular formula is C13H21NO2. The van der Waals surface area contributed by atoms with Crippen LogP contribution in [-0.4, -0.2) is 24.4 Å². The van der Waals surface area contributed by atoms with Crippen molar-refractivity contribution in [1.82, 2.24) is 0 Å². The van der Waals surface area contributed by atoms with Crippen LogP contribution >= 0.6 is 0 Å². The fourth-order valence-electron chi connectivity index (χ4n) is 1.78. The van der Waals surface area contributed by atoms with E-state index in [0.29, 0.717) is 12.8 Å². The van der Waals surface area contributed by atoms with Crippen LogP contribution in [0.5, 0.6) is 5.75 Å². The van der Waals surface area contributed by atoms with Gasteiger partial charge in [-0.3, -0.25) is 0 Å². The largest absolute Gasteiger partial charge is 0.496 e. The lowest BCUT2D eigenvalue weighted by atomic mass is 9.99. The van der Waals surface area contributed by atoms with Crippen LogP contribution in [0, 0.1) is 6.92 Å². The van der Waals surface area contributed by atoms with Gasteiger partial charge in [0.05, 0.1) is 13.2 Å². The summed E-state index contributed by atoms with van der Waals surface area (Å²) >= 11 is 0. The molecule has 1 aromatic carbocycles. The van der Waals surface area contributed by atoms with Crippen LogP contribution in [0.2, 0.25) is 0 Å². The molecule has 0 radical (unpaired) electrons. The maximum absolute atomic E-state index is 9.61. The van der Waals surface area contributed by atoms with E-state index in [1.54, 1.807) is 7.11 Å². The highest BCUT2D eigenvalue weighted by Gasteiger charge is 2.13. The highest BCUT2D eigenvalue weighted by molar-refractivity contribution is 5.36. The predicted molar refractivity (Wildman–Crippen MR) is 65.7 cm³/mol. The van der Waals surface area contributed by atoms with Crippen molar-refractivity contribution in [2.45, 2.75) is 38.8 Å². The van der Waals surface area contributed by atoms with Crippen molar-refractivity contribution in [2.75, 3.05) is 7.11 Å². The second-order valence-corrected chi connectivity index (χ2v) is 4.15. The molecule has 0 aliphatic rings. The Bertz CT molecular complexity index is 339. The molecule has 0 heterocycles. The third-order valence-electron chi connectivity index (χ3n) is 2.84. The van der Waals surface area contributed by atoms with Crippen molar-refractivity contribution >= 4 is 0 Å². The monoisotopic (exact) mass is 223 g/mol. The number of hydrogen-bond donors (Lipinski definition) is 2. The van der Waals surface area contributed by atoms with Crippen LogP contribution in [-0.2, 0) is 6.42 Å². The first-order valence-corrected chi connectivity index (χ1v) is 5.65. The summed E-state index contributed by atoms with van der Waals surface area (Å²) < 4.78 is 5.19. The second-order valence-electron chi connectivity index (χ2n) is 4.15. The second kappa shape index (κ2) is 5.87. The molecule has 2 atom stereocenters. The summed E-state index contributed by atoms with van der Waals surface area (Å²) in [6.07, 6.45) is 0.957. The fraction of sp³-hybridized carbons (Fsp3) is 0.538. The van der Waals surface area contributed by atoms with Crippen LogP contribution in [0.1, 0.15) is 24.5 Å². The average Bonchev–Trinajstić information content (AvgIpc) is 2.28. The van der Waals surface area contributed by atoms with Crippen LogP contribution in [0.15, 0.2) is 18.2 Å². The topological polar surface area (TPSA) is 55.5 Å². The lowest BCUT2D eigenvalue weighted by Gasteiger charge is -2.17. The number of aliphatic hydroxyl groups is 1. The van der Waals surface area contributed by atoms with Crippen LogP contribution in [0.4, 0.5) is 0 Å². The number of methoxy groups -OCH3 is 1. The summed E-state index contributed by atoms with van der Waals surface area (Å²) in [7, 11) is 1.66. The minimum Gasteiger partial charge on any atom is -0.496 e. The maximum atomic E-state index is 9.61. The van der Waals surface area contributed by atoms with Crippen molar-refractivity contribution in [3.05, 3.63) is 29.3 Å². The van der Waals surface area contributed by atoms with Gasteiger partial charge in [-0.05, 0) is 37.0 Å². The zero-order valence-corrected chi connectivity index (χ0v) is 10.2. The first-order valence-electron chi connectivity index (χ1n) is 5.65. The van der Waals surface area contributed by atoms with Crippen LogP contribution < -0.4 is 10.5 Å². The first-order chi connectivity index (χ1) is 7.58. The van der Waals surface area contributed by atoms with Gasteiger partial charge >= 0.3 is 0 Å². The van der Waals surface area contributed by atoms with Gasteiger partial charge in [-0.2, -0.15) is 0 Å². The van der Waals surface area contributed by atoms with E-state index in [0.717, 1.165) is 16.9 Å². The molecule has 3 heteroatoms. The number of hydrogen-bond acceptors (Lipinski definition) is 3. The Morgan fingerprint density at radius 3 is 2.62 bits per heavy atom. The van der Waals surface area contributed by atoms with Crippen molar-refractivity contribution in [1.29, 1.82) is 0 Å². The first kappa shape index (κ1) is 13.0. The lowest BCUT2D eigenvalue weighted by molar-refractivity contribution is 0.140. The van der Waals surface area contributed by atoms with E-state index in [1.165, 1.54) is 0 Å². The molecule has 1 rings (SSSR count). The number of nitrogens with two attached hydrogens (primary N) is 1. The van der Waals surface area contributed by atoms with Gasteiger partial charge in [-0.1, -0.05) is 19.1 Å². The van der Waals surface area contributed by atoms with Crippen molar-refractivity contribution in [3.8, 4) is 5.75 Å². The third kappa shape index (κ3) is 3.22. The van der Waals surface area contributed by atoms with Gasteiger partial charge in [0.25, 0.3) is 0 Å². The molecule has 0 fully saturated rings. The molecule has 1 aromatic rings.